The topological polar surface area (TPSA) is 57.4 Å². The van der Waals surface area contributed by atoms with Crippen molar-refractivity contribution < 1.29 is 9.84 Å². The highest BCUT2D eigenvalue weighted by atomic mass is 79.9. The molecule has 2 heterocycles. The van der Waals surface area contributed by atoms with Crippen molar-refractivity contribution in [2.75, 3.05) is 13.2 Å². The van der Waals surface area contributed by atoms with Crippen molar-refractivity contribution in [1.29, 1.82) is 0 Å². The molecule has 3 aliphatic rings. The van der Waals surface area contributed by atoms with Gasteiger partial charge in [0.2, 0.25) is 5.96 Å². The summed E-state index contributed by atoms with van der Waals surface area (Å²) < 4.78 is 6.62. The molecule has 0 aromatic heterocycles. The number of hydrogen-bond acceptors (Lipinski definition) is 5. The summed E-state index contributed by atoms with van der Waals surface area (Å²) in [6.07, 6.45) is 7.03. The lowest BCUT2D eigenvalue weighted by atomic mass is 10.1. The van der Waals surface area contributed by atoms with Gasteiger partial charge in [-0.25, -0.2) is 9.98 Å². The molecule has 2 aliphatic heterocycles. The Balaban J connectivity index is 1.80. The fourth-order valence-electron chi connectivity index (χ4n) is 2.36. The Hall–Kier alpha value is -0.720. The number of nitrogens with zero attached hydrogens (tertiary/aromatic N) is 3. The molecule has 6 heteroatoms. The van der Waals surface area contributed by atoms with Crippen LogP contribution in [0.15, 0.2) is 20.7 Å². The molecule has 0 radical (unpaired) electrons. The van der Waals surface area contributed by atoms with Gasteiger partial charge in [0.05, 0.1) is 23.7 Å². The molecule has 0 spiro atoms. The van der Waals surface area contributed by atoms with Crippen molar-refractivity contribution >= 4 is 28.1 Å². The lowest BCUT2D eigenvalue weighted by Gasteiger charge is -2.37. The Morgan fingerprint density at radius 1 is 1.50 bits per heavy atom. The maximum Gasteiger partial charge on any atom is 0.227 e. The van der Waals surface area contributed by atoms with Crippen LogP contribution in [0.4, 0.5) is 0 Å². The van der Waals surface area contributed by atoms with E-state index in [2.05, 4.69) is 20.9 Å². The molecule has 5 nitrogen and oxygen atoms in total. The Bertz CT molecular complexity index is 418. The van der Waals surface area contributed by atoms with Crippen LogP contribution in [0.2, 0.25) is 0 Å². The molecule has 0 amide bonds. The normalized spacial score (nSPS) is 30.9. The van der Waals surface area contributed by atoms with E-state index in [1.54, 1.807) is 6.21 Å². The number of aliphatic imine (C=N–C) groups is 2. The smallest absolute Gasteiger partial charge is 0.227 e. The number of halogens is 1. The van der Waals surface area contributed by atoms with Crippen LogP contribution in [-0.4, -0.2) is 47.7 Å². The highest BCUT2D eigenvalue weighted by molar-refractivity contribution is 9.12. The third-order valence-corrected chi connectivity index (χ3v) is 3.81. The van der Waals surface area contributed by atoms with Gasteiger partial charge in [0, 0.05) is 18.8 Å². The summed E-state index contributed by atoms with van der Waals surface area (Å²) in [5, 5.41) is 8.90. The van der Waals surface area contributed by atoms with Crippen LogP contribution in [0, 0.1) is 5.92 Å². The summed E-state index contributed by atoms with van der Waals surface area (Å²) >= 11 is 3.41. The van der Waals surface area contributed by atoms with E-state index < -0.39 is 0 Å². The summed E-state index contributed by atoms with van der Waals surface area (Å²) in [7, 11) is 0. The highest BCUT2D eigenvalue weighted by Crippen LogP contribution is 2.39. The first-order chi connectivity index (χ1) is 8.78. The van der Waals surface area contributed by atoms with Gasteiger partial charge < -0.3 is 9.84 Å². The summed E-state index contributed by atoms with van der Waals surface area (Å²) in [5.74, 6) is 1.42. The number of fused-ring (bicyclic) bond motifs is 1. The lowest BCUT2D eigenvalue weighted by molar-refractivity contribution is -0.0382. The van der Waals surface area contributed by atoms with Crippen molar-refractivity contribution in [3.05, 3.63) is 10.7 Å². The van der Waals surface area contributed by atoms with Gasteiger partial charge in [-0.05, 0) is 34.7 Å². The predicted molar refractivity (Wildman–Crippen MR) is 72.7 cm³/mol. The molecular formula is C12H16BrN3O2. The van der Waals surface area contributed by atoms with Crippen molar-refractivity contribution in [1.82, 2.24) is 4.90 Å². The van der Waals surface area contributed by atoms with Crippen LogP contribution >= 0.6 is 15.9 Å². The van der Waals surface area contributed by atoms with Crippen LogP contribution in [0.25, 0.3) is 0 Å². The Morgan fingerprint density at radius 3 is 3.06 bits per heavy atom. The van der Waals surface area contributed by atoms with E-state index >= 15 is 0 Å². The maximum atomic E-state index is 8.90. The summed E-state index contributed by atoms with van der Waals surface area (Å²) in [4.78, 5) is 11.0. The third kappa shape index (κ3) is 2.50. The molecule has 1 fully saturated rings. The van der Waals surface area contributed by atoms with Crippen LogP contribution in [0.3, 0.4) is 0 Å². The predicted octanol–water partition coefficient (Wildman–Crippen LogP) is 1.48. The van der Waals surface area contributed by atoms with E-state index in [-0.39, 0.29) is 12.8 Å². The molecule has 18 heavy (non-hydrogen) atoms. The van der Waals surface area contributed by atoms with E-state index in [4.69, 9.17) is 14.8 Å². The summed E-state index contributed by atoms with van der Waals surface area (Å²) in [5.41, 5.74) is 0. The zero-order valence-corrected chi connectivity index (χ0v) is 11.6. The third-order valence-electron chi connectivity index (χ3n) is 3.40. The van der Waals surface area contributed by atoms with E-state index in [1.165, 1.54) is 12.8 Å². The Kier molecular flexibility index (Phi) is 3.50. The van der Waals surface area contributed by atoms with Crippen LogP contribution in [-0.2, 0) is 4.74 Å². The molecule has 0 aromatic rings. The molecule has 0 saturated heterocycles. The number of guanidine groups is 1. The number of hydrogen-bond donors (Lipinski definition) is 1. The number of ether oxygens (including phenoxy) is 1. The Morgan fingerprint density at radius 2 is 2.33 bits per heavy atom. The molecule has 0 bridgehead atoms. The first-order valence-corrected chi connectivity index (χ1v) is 7.07. The largest absolute Gasteiger partial charge is 0.394 e. The molecule has 0 aromatic carbocycles. The fraction of sp³-hybridized carbons (Fsp3) is 0.667. The van der Waals surface area contributed by atoms with Crippen molar-refractivity contribution in [3.63, 3.8) is 0 Å². The van der Waals surface area contributed by atoms with Gasteiger partial charge in [-0.15, -0.1) is 0 Å². The number of aliphatic hydroxyl groups excluding tert-OH is 1. The zero-order chi connectivity index (χ0) is 12.5. The molecule has 3 rings (SSSR count). The monoisotopic (exact) mass is 313 g/mol. The minimum Gasteiger partial charge on any atom is -0.394 e. The number of allylic oxidation sites excluding steroid dienone is 1. The molecule has 1 saturated carbocycles. The average Bonchev–Trinajstić information content (AvgIpc) is 3.20. The molecule has 1 N–H and O–H groups in total. The lowest BCUT2D eigenvalue weighted by Crippen LogP contribution is -2.45. The van der Waals surface area contributed by atoms with Gasteiger partial charge in [-0.1, -0.05) is 0 Å². The van der Waals surface area contributed by atoms with Gasteiger partial charge in [0.1, 0.15) is 6.23 Å². The fourth-order valence-corrected chi connectivity index (χ4v) is 2.68. The minimum atomic E-state index is -0.0692. The van der Waals surface area contributed by atoms with Crippen molar-refractivity contribution in [3.8, 4) is 0 Å². The van der Waals surface area contributed by atoms with E-state index in [0.29, 0.717) is 18.6 Å². The minimum absolute atomic E-state index is 0.0407. The number of aliphatic hydroxyl groups is 1. The van der Waals surface area contributed by atoms with E-state index in [1.807, 2.05) is 11.1 Å². The van der Waals surface area contributed by atoms with Gasteiger partial charge in [0.15, 0.2) is 0 Å². The van der Waals surface area contributed by atoms with E-state index in [9.17, 15) is 0 Å². The molecule has 98 valence electrons. The second-order valence-electron chi connectivity index (χ2n) is 4.80. The van der Waals surface area contributed by atoms with Gasteiger partial charge >= 0.3 is 0 Å². The van der Waals surface area contributed by atoms with Crippen molar-refractivity contribution in [2.24, 2.45) is 15.9 Å². The molecule has 2 unspecified atom stereocenters. The average molecular weight is 314 g/mol. The standard InChI is InChI=1S/C12H16BrN3O2/c13-9-6-14-12-15-10(8-1-2-8)5-11(16(12)7-9)18-4-3-17/h6-8,10-11,17H,1-5H2. The SMILES string of the molecule is OCCOC1CC(C2CC2)N=C2N=CC(Br)=CN21. The molecule has 2 atom stereocenters. The summed E-state index contributed by atoms with van der Waals surface area (Å²) in [6, 6.07) is 0.322. The first-order valence-electron chi connectivity index (χ1n) is 6.28. The first kappa shape index (κ1) is 12.3. The second kappa shape index (κ2) is 5.11. The van der Waals surface area contributed by atoms with Crippen LogP contribution in [0.5, 0.6) is 0 Å². The van der Waals surface area contributed by atoms with Crippen molar-refractivity contribution in [2.45, 2.75) is 31.5 Å². The van der Waals surface area contributed by atoms with E-state index in [0.717, 1.165) is 16.9 Å². The van der Waals surface area contributed by atoms with Crippen LogP contribution < -0.4 is 0 Å². The number of rotatable bonds is 4. The Labute approximate surface area is 114 Å². The quantitative estimate of drug-likeness (QED) is 0.855. The van der Waals surface area contributed by atoms with Crippen LogP contribution in [0.1, 0.15) is 19.3 Å². The second-order valence-corrected chi connectivity index (χ2v) is 5.71. The van der Waals surface area contributed by atoms with Gasteiger partial charge in [0.25, 0.3) is 0 Å². The molecule has 1 aliphatic carbocycles. The maximum absolute atomic E-state index is 8.90. The summed E-state index contributed by atoms with van der Waals surface area (Å²) in [6.45, 7) is 0.389. The zero-order valence-electron chi connectivity index (χ0n) is 10.00. The van der Waals surface area contributed by atoms with Gasteiger partial charge in [-0.3, -0.25) is 4.90 Å². The highest BCUT2D eigenvalue weighted by Gasteiger charge is 2.39. The van der Waals surface area contributed by atoms with Gasteiger partial charge in [-0.2, -0.15) is 0 Å². The molecular weight excluding hydrogens is 298 g/mol.